The van der Waals surface area contributed by atoms with Crippen LogP contribution in [0.1, 0.15) is 5.56 Å². The van der Waals surface area contributed by atoms with E-state index in [-0.39, 0.29) is 5.70 Å². The number of carbonyl (C=O) groups excluding carboxylic acids is 2. The van der Waals surface area contributed by atoms with Gasteiger partial charge in [0, 0.05) is 5.02 Å². The first-order valence-corrected chi connectivity index (χ1v) is 8.94. The molecule has 0 unspecified atom stereocenters. The van der Waals surface area contributed by atoms with Crippen molar-refractivity contribution in [2.45, 2.75) is 0 Å². The van der Waals surface area contributed by atoms with Crippen LogP contribution in [0.4, 0.5) is 10.5 Å². The van der Waals surface area contributed by atoms with Gasteiger partial charge >= 0.3 is 6.03 Å². The number of urea groups is 1. The molecule has 1 fully saturated rings. The molecule has 1 N–H and O–H groups in total. The third kappa shape index (κ3) is 3.75. The molecule has 1 heterocycles. The van der Waals surface area contributed by atoms with Gasteiger partial charge < -0.3 is 10.1 Å². The summed E-state index contributed by atoms with van der Waals surface area (Å²) in [5.74, 6) is 0.898. The third-order valence-corrected chi connectivity index (χ3v) is 4.33. The van der Waals surface area contributed by atoms with Crippen molar-refractivity contribution in [3.05, 3.63) is 95.1 Å². The fraction of sp³-hybridized carbons (Fsp3) is 0. The summed E-state index contributed by atoms with van der Waals surface area (Å²) in [6.45, 7) is 0. The summed E-state index contributed by atoms with van der Waals surface area (Å²) in [4.78, 5) is 26.1. The Bertz CT molecular complexity index is 1080. The van der Waals surface area contributed by atoms with Crippen molar-refractivity contribution in [1.82, 2.24) is 5.32 Å². The number of nitrogens with zero attached hydrogens (tertiary/aromatic N) is 1. The summed E-state index contributed by atoms with van der Waals surface area (Å²) < 4.78 is 5.81. The lowest BCUT2D eigenvalue weighted by atomic mass is 10.1. The molecule has 1 aliphatic heterocycles. The van der Waals surface area contributed by atoms with Gasteiger partial charge in [0.05, 0.1) is 5.69 Å². The molecule has 0 radical (unpaired) electrons. The number of rotatable bonds is 4. The molecule has 0 aromatic heterocycles. The number of ether oxygens (including phenoxy) is 1. The van der Waals surface area contributed by atoms with E-state index >= 15 is 0 Å². The highest BCUT2D eigenvalue weighted by molar-refractivity contribution is 6.32. The Labute approximate surface area is 166 Å². The minimum atomic E-state index is -0.518. The maximum Gasteiger partial charge on any atom is 0.333 e. The maximum absolute atomic E-state index is 12.7. The standard InChI is InChI=1S/C22H15ClN2O3/c23-16-7-5-8-17(14-16)25-21(26)20(24-22(25)27)13-15-6-4-11-19(12-15)28-18-9-2-1-3-10-18/h1-14H,(H,24,27). The van der Waals surface area contributed by atoms with E-state index < -0.39 is 11.9 Å². The molecule has 0 bridgehead atoms. The Morgan fingerprint density at radius 2 is 1.61 bits per heavy atom. The van der Waals surface area contributed by atoms with Gasteiger partial charge in [0.1, 0.15) is 17.2 Å². The molecule has 138 valence electrons. The zero-order valence-corrected chi connectivity index (χ0v) is 15.4. The van der Waals surface area contributed by atoms with Gasteiger partial charge in [-0.05, 0) is 54.1 Å². The Kier molecular flexibility index (Phi) is 4.83. The summed E-state index contributed by atoms with van der Waals surface area (Å²) in [5, 5.41) is 3.05. The van der Waals surface area contributed by atoms with Gasteiger partial charge in [-0.3, -0.25) is 4.79 Å². The fourth-order valence-electron chi connectivity index (χ4n) is 2.84. The van der Waals surface area contributed by atoms with Gasteiger partial charge in [-0.15, -0.1) is 0 Å². The van der Waals surface area contributed by atoms with Crippen LogP contribution >= 0.6 is 11.6 Å². The Balaban J connectivity index is 1.58. The van der Waals surface area contributed by atoms with E-state index in [9.17, 15) is 9.59 Å². The molecule has 4 rings (SSSR count). The summed E-state index contributed by atoms with van der Waals surface area (Å²) in [6.07, 6.45) is 1.61. The van der Waals surface area contributed by atoms with E-state index in [4.69, 9.17) is 16.3 Å². The van der Waals surface area contributed by atoms with Crippen molar-refractivity contribution in [2.24, 2.45) is 0 Å². The minimum absolute atomic E-state index is 0.182. The van der Waals surface area contributed by atoms with E-state index in [1.807, 2.05) is 48.5 Å². The van der Waals surface area contributed by atoms with Gasteiger partial charge in [-0.1, -0.05) is 48.0 Å². The average Bonchev–Trinajstić information content (AvgIpc) is 2.96. The van der Waals surface area contributed by atoms with E-state index in [1.54, 1.807) is 36.4 Å². The summed E-state index contributed by atoms with van der Waals surface area (Å²) in [5.41, 5.74) is 1.33. The number of hydrogen-bond acceptors (Lipinski definition) is 3. The van der Waals surface area contributed by atoms with Crippen molar-refractivity contribution < 1.29 is 14.3 Å². The molecule has 1 aliphatic rings. The number of nitrogens with one attached hydrogen (secondary N) is 1. The lowest BCUT2D eigenvalue weighted by molar-refractivity contribution is -0.113. The van der Waals surface area contributed by atoms with Gasteiger partial charge in [-0.25, -0.2) is 9.69 Å². The third-order valence-electron chi connectivity index (χ3n) is 4.09. The fourth-order valence-corrected chi connectivity index (χ4v) is 3.03. The number of imide groups is 1. The molecule has 0 spiro atoms. The molecule has 6 heteroatoms. The summed E-state index contributed by atoms with van der Waals surface area (Å²) >= 11 is 5.97. The Morgan fingerprint density at radius 1 is 0.857 bits per heavy atom. The van der Waals surface area contributed by atoms with Crippen LogP contribution < -0.4 is 15.0 Å². The van der Waals surface area contributed by atoms with Crippen LogP contribution in [0.25, 0.3) is 6.08 Å². The van der Waals surface area contributed by atoms with Gasteiger partial charge in [0.2, 0.25) is 0 Å². The SMILES string of the molecule is O=C1NC(=Cc2cccc(Oc3ccccc3)c2)C(=O)N1c1cccc(Cl)c1. The van der Waals surface area contributed by atoms with Crippen LogP contribution in [0.2, 0.25) is 5.02 Å². The number of carbonyl (C=O) groups is 2. The van der Waals surface area contributed by atoms with Crippen LogP contribution in [0.5, 0.6) is 11.5 Å². The molecule has 3 aromatic carbocycles. The number of amides is 3. The minimum Gasteiger partial charge on any atom is -0.457 e. The number of benzene rings is 3. The van der Waals surface area contributed by atoms with Crippen LogP contribution in [0.3, 0.4) is 0 Å². The second-order valence-electron chi connectivity index (χ2n) is 6.10. The zero-order valence-electron chi connectivity index (χ0n) is 14.6. The van der Waals surface area contributed by atoms with Crippen LogP contribution in [-0.4, -0.2) is 11.9 Å². The zero-order chi connectivity index (χ0) is 19.5. The second kappa shape index (κ2) is 7.58. The van der Waals surface area contributed by atoms with Crippen LogP contribution in [0.15, 0.2) is 84.6 Å². The van der Waals surface area contributed by atoms with E-state index in [1.165, 1.54) is 0 Å². The lowest BCUT2D eigenvalue weighted by Gasteiger charge is -2.11. The van der Waals surface area contributed by atoms with Crippen LogP contribution in [0, 0.1) is 0 Å². The Morgan fingerprint density at radius 3 is 2.39 bits per heavy atom. The van der Waals surface area contributed by atoms with E-state index in [2.05, 4.69) is 5.32 Å². The summed E-state index contributed by atoms with van der Waals surface area (Å²) in [7, 11) is 0. The first-order chi connectivity index (χ1) is 13.6. The summed E-state index contributed by atoms with van der Waals surface area (Å²) in [6, 6.07) is 22.7. The highest BCUT2D eigenvalue weighted by atomic mass is 35.5. The normalized spacial score (nSPS) is 15.0. The first-order valence-electron chi connectivity index (χ1n) is 8.56. The Hall–Kier alpha value is -3.57. The maximum atomic E-state index is 12.7. The first kappa shape index (κ1) is 17.8. The highest BCUT2D eigenvalue weighted by Crippen LogP contribution is 2.26. The molecule has 0 atom stereocenters. The molecule has 3 amide bonds. The molecule has 0 saturated carbocycles. The number of para-hydroxylation sites is 1. The predicted octanol–water partition coefficient (Wildman–Crippen LogP) is 5.23. The van der Waals surface area contributed by atoms with Crippen LogP contribution in [-0.2, 0) is 4.79 Å². The molecular weight excluding hydrogens is 376 g/mol. The molecule has 28 heavy (non-hydrogen) atoms. The van der Waals surface area contributed by atoms with Crippen molar-refractivity contribution in [2.75, 3.05) is 4.90 Å². The predicted molar refractivity (Wildman–Crippen MR) is 108 cm³/mol. The van der Waals surface area contributed by atoms with E-state index in [0.29, 0.717) is 22.2 Å². The molecular formula is C22H15ClN2O3. The van der Waals surface area contributed by atoms with Gasteiger partial charge in [-0.2, -0.15) is 0 Å². The smallest absolute Gasteiger partial charge is 0.333 e. The van der Waals surface area contributed by atoms with Crippen molar-refractivity contribution in [3.63, 3.8) is 0 Å². The molecule has 0 aliphatic carbocycles. The van der Waals surface area contributed by atoms with Gasteiger partial charge in [0.25, 0.3) is 5.91 Å². The highest BCUT2D eigenvalue weighted by Gasteiger charge is 2.34. The number of halogens is 1. The molecule has 5 nitrogen and oxygen atoms in total. The molecule has 3 aromatic rings. The topological polar surface area (TPSA) is 58.6 Å². The van der Waals surface area contributed by atoms with Crippen molar-refractivity contribution in [1.29, 1.82) is 0 Å². The quantitative estimate of drug-likeness (QED) is 0.490. The number of anilines is 1. The van der Waals surface area contributed by atoms with Crippen molar-refractivity contribution >= 4 is 35.3 Å². The number of hydrogen-bond donors (Lipinski definition) is 1. The van der Waals surface area contributed by atoms with Crippen molar-refractivity contribution in [3.8, 4) is 11.5 Å². The monoisotopic (exact) mass is 390 g/mol. The molecule has 1 saturated heterocycles. The van der Waals surface area contributed by atoms with Gasteiger partial charge in [0.15, 0.2) is 0 Å². The largest absolute Gasteiger partial charge is 0.457 e. The second-order valence-corrected chi connectivity index (χ2v) is 6.53. The van der Waals surface area contributed by atoms with E-state index in [0.717, 1.165) is 10.5 Å². The lowest BCUT2D eigenvalue weighted by Crippen LogP contribution is -2.30. The average molecular weight is 391 g/mol.